The lowest BCUT2D eigenvalue weighted by Crippen LogP contribution is -2.32. The van der Waals surface area contributed by atoms with Crippen LogP contribution in [-0.2, 0) is 4.79 Å². The number of hydrogen-bond acceptors (Lipinski definition) is 4. The van der Waals surface area contributed by atoms with Crippen LogP contribution in [-0.4, -0.2) is 28.2 Å². The molecule has 1 saturated heterocycles. The van der Waals surface area contributed by atoms with E-state index in [1.165, 1.54) is 18.2 Å². The van der Waals surface area contributed by atoms with Crippen molar-refractivity contribution in [3.63, 3.8) is 0 Å². The van der Waals surface area contributed by atoms with E-state index in [-0.39, 0.29) is 28.1 Å². The summed E-state index contributed by atoms with van der Waals surface area (Å²) in [6, 6.07) is 3.69. The molecule has 0 N–H and O–H groups in total. The highest BCUT2D eigenvalue weighted by Gasteiger charge is 2.32. The lowest BCUT2D eigenvalue weighted by molar-refractivity contribution is -0.384. The summed E-state index contributed by atoms with van der Waals surface area (Å²) in [6.45, 7) is 2.25. The van der Waals surface area contributed by atoms with Gasteiger partial charge in [0, 0.05) is 24.6 Å². The number of nitrogens with zero attached hydrogens (tertiary/aromatic N) is 2. The standard InChI is InChI=1S/C12H11ClN2O4/c1-7-4-11(16)14(6-7)12(17)8-2-3-10(15(18)19)9(13)5-8/h2-3,5,7H,4,6H2,1H3. The van der Waals surface area contributed by atoms with Crippen molar-refractivity contribution in [1.82, 2.24) is 4.90 Å². The van der Waals surface area contributed by atoms with Gasteiger partial charge >= 0.3 is 0 Å². The van der Waals surface area contributed by atoms with Crippen LogP contribution >= 0.6 is 11.6 Å². The molecule has 1 fully saturated rings. The number of carbonyl (C=O) groups is 2. The Balaban J connectivity index is 2.28. The Morgan fingerprint density at radius 3 is 2.68 bits per heavy atom. The molecule has 1 aliphatic rings. The van der Waals surface area contributed by atoms with Crippen molar-refractivity contribution in [2.75, 3.05) is 6.54 Å². The Morgan fingerprint density at radius 1 is 1.53 bits per heavy atom. The number of halogens is 1. The SMILES string of the molecule is CC1CC(=O)N(C(=O)c2ccc([N+](=O)[O-])c(Cl)c2)C1. The van der Waals surface area contributed by atoms with Crippen LogP contribution in [0.1, 0.15) is 23.7 Å². The van der Waals surface area contributed by atoms with Gasteiger partial charge in [-0.3, -0.25) is 24.6 Å². The maximum Gasteiger partial charge on any atom is 0.287 e. The molecule has 1 aromatic carbocycles. The number of hydrogen-bond donors (Lipinski definition) is 0. The molecule has 7 heteroatoms. The first kappa shape index (κ1) is 13.5. The maximum absolute atomic E-state index is 12.1. The molecule has 2 amide bonds. The molecular formula is C12H11ClN2O4. The van der Waals surface area contributed by atoms with Crippen LogP contribution in [0, 0.1) is 16.0 Å². The van der Waals surface area contributed by atoms with E-state index in [1.54, 1.807) is 0 Å². The zero-order chi connectivity index (χ0) is 14.2. The number of amides is 2. The summed E-state index contributed by atoms with van der Waals surface area (Å²) in [5, 5.41) is 10.5. The van der Waals surface area contributed by atoms with E-state index in [0.29, 0.717) is 13.0 Å². The Labute approximate surface area is 114 Å². The van der Waals surface area contributed by atoms with Crippen molar-refractivity contribution in [3.05, 3.63) is 38.9 Å². The summed E-state index contributed by atoms with van der Waals surface area (Å²) in [6.07, 6.45) is 0.340. The molecule has 1 unspecified atom stereocenters. The van der Waals surface area contributed by atoms with Gasteiger partial charge < -0.3 is 0 Å². The van der Waals surface area contributed by atoms with Gasteiger partial charge in [0.1, 0.15) is 5.02 Å². The van der Waals surface area contributed by atoms with Crippen molar-refractivity contribution in [3.8, 4) is 0 Å². The molecule has 0 aliphatic carbocycles. The fraction of sp³-hybridized carbons (Fsp3) is 0.333. The number of benzene rings is 1. The lowest BCUT2D eigenvalue weighted by atomic mass is 10.1. The highest BCUT2D eigenvalue weighted by Crippen LogP contribution is 2.27. The predicted octanol–water partition coefficient (Wildman–Crippen LogP) is 2.26. The molecule has 0 saturated carbocycles. The van der Waals surface area contributed by atoms with Crippen LogP contribution in [0.3, 0.4) is 0 Å². The van der Waals surface area contributed by atoms with Gasteiger partial charge in [-0.25, -0.2) is 0 Å². The fourth-order valence-electron chi connectivity index (χ4n) is 2.03. The fourth-order valence-corrected chi connectivity index (χ4v) is 2.28. The van der Waals surface area contributed by atoms with Gasteiger partial charge in [-0.15, -0.1) is 0 Å². The highest BCUT2D eigenvalue weighted by atomic mass is 35.5. The quantitative estimate of drug-likeness (QED) is 0.473. The largest absolute Gasteiger partial charge is 0.287 e. The predicted molar refractivity (Wildman–Crippen MR) is 67.9 cm³/mol. The molecule has 2 rings (SSSR count). The molecule has 0 radical (unpaired) electrons. The van der Waals surface area contributed by atoms with Crippen molar-refractivity contribution >= 4 is 29.1 Å². The van der Waals surface area contributed by atoms with Crippen molar-refractivity contribution < 1.29 is 14.5 Å². The van der Waals surface area contributed by atoms with Crippen LogP contribution in [0.4, 0.5) is 5.69 Å². The molecule has 0 bridgehead atoms. The zero-order valence-corrected chi connectivity index (χ0v) is 10.9. The van der Waals surface area contributed by atoms with E-state index >= 15 is 0 Å². The van der Waals surface area contributed by atoms with E-state index in [2.05, 4.69) is 0 Å². The van der Waals surface area contributed by atoms with Gasteiger partial charge in [-0.05, 0) is 18.1 Å². The van der Waals surface area contributed by atoms with Gasteiger partial charge in [0.05, 0.1) is 4.92 Å². The van der Waals surface area contributed by atoms with Gasteiger partial charge in [0.15, 0.2) is 0 Å². The van der Waals surface area contributed by atoms with Gasteiger partial charge in [-0.1, -0.05) is 18.5 Å². The first-order valence-electron chi connectivity index (χ1n) is 5.68. The number of nitro groups is 1. The summed E-state index contributed by atoms with van der Waals surface area (Å²) in [4.78, 5) is 34.9. The van der Waals surface area contributed by atoms with Crippen LogP contribution in [0.5, 0.6) is 0 Å². The average molecular weight is 283 g/mol. The van der Waals surface area contributed by atoms with Crippen LogP contribution < -0.4 is 0 Å². The van der Waals surface area contributed by atoms with Crippen LogP contribution in [0.25, 0.3) is 0 Å². The van der Waals surface area contributed by atoms with E-state index in [4.69, 9.17) is 11.6 Å². The molecule has 0 aromatic heterocycles. The average Bonchev–Trinajstić information content (AvgIpc) is 2.67. The second kappa shape index (κ2) is 4.97. The highest BCUT2D eigenvalue weighted by molar-refractivity contribution is 6.33. The summed E-state index contributed by atoms with van der Waals surface area (Å²) in [7, 11) is 0. The van der Waals surface area contributed by atoms with E-state index in [1.807, 2.05) is 6.92 Å². The van der Waals surface area contributed by atoms with Crippen molar-refractivity contribution in [2.45, 2.75) is 13.3 Å². The third-order valence-electron chi connectivity index (χ3n) is 2.95. The molecule has 1 heterocycles. The number of likely N-dealkylation sites (tertiary alicyclic amines) is 1. The third kappa shape index (κ3) is 2.58. The summed E-state index contributed by atoms with van der Waals surface area (Å²) >= 11 is 5.74. The smallest absolute Gasteiger partial charge is 0.278 e. The normalized spacial score (nSPS) is 18.7. The van der Waals surface area contributed by atoms with Crippen molar-refractivity contribution in [2.24, 2.45) is 5.92 Å². The topological polar surface area (TPSA) is 80.5 Å². The minimum absolute atomic E-state index is 0.115. The second-order valence-electron chi connectivity index (χ2n) is 4.54. The first-order chi connectivity index (χ1) is 8.90. The summed E-state index contributed by atoms with van der Waals surface area (Å²) < 4.78 is 0. The van der Waals surface area contributed by atoms with E-state index in [0.717, 1.165) is 4.90 Å². The van der Waals surface area contributed by atoms with Crippen LogP contribution in [0.2, 0.25) is 5.02 Å². The molecule has 0 spiro atoms. The Kier molecular flexibility index (Phi) is 3.53. The molecule has 6 nitrogen and oxygen atoms in total. The number of rotatable bonds is 2. The number of nitro benzene ring substituents is 1. The number of carbonyl (C=O) groups excluding carboxylic acids is 2. The van der Waals surface area contributed by atoms with Gasteiger partial charge in [0.25, 0.3) is 11.6 Å². The van der Waals surface area contributed by atoms with Crippen molar-refractivity contribution in [1.29, 1.82) is 0 Å². The molecular weight excluding hydrogens is 272 g/mol. The molecule has 1 aliphatic heterocycles. The number of imide groups is 1. The van der Waals surface area contributed by atoms with Crippen LogP contribution in [0.15, 0.2) is 18.2 Å². The first-order valence-corrected chi connectivity index (χ1v) is 6.06. The Hall–Kier alpha value is -1.95. The second-order valence-corrected chi connectivity index (χ2v) is 4.95. The summed E-state index contributed by atoms with van der Waals surface area (Å²) in [5.41, 5.74) is -0.0858. The van der Waals surface area contributed by atoms with Gasteiger partial charge in [0.2, 0.25) is 5.91 Å². The molecule has 1 aromatic rings. The van der Waals surface area contributed by atoms with E-state index in [9.17, 15) is 19.7 Å². The summed E-state index contributed by atoms with van der Waals surface area (Å²) in [5.74, 6) is -0.567. The molecule has 100 valence electrons. The zero-order valence-electron chi connectivity index (χ0n) is 10.1. The minimum atomic E-state index is -0.625. The van der Waals surface area contributed by atoms with E-state index < -0.39 is 10.8 Å². The third-order valence-corrected chi connectivity index (χ3v) is 3.26. The molecule has 19 heavy (non-hydrogen) atoms. The maximum atomic E-state index is 12.1. The monoisotopic (exact) mass is 282 g/mol. The Bertz CT molecular complexity index is 573. The Morgan fingerprint density at radius 2 is 2.21 bits per heavy atom. The molecule has 1 atom stereocenters. The minimum Gasteiger partial charge on any atom is -0.278 e. The van der Waals surface area contributed by atoms with Gasteiger partial charge in [-0.2, -0.15) is 0 Å². The lowest BCUT2D eigenvalue weighted by Gasteiger charge is -2.14.